The maximum atomic E-state index is 12.9. The van der Waals surface area contributed by atoms with Crippen molar-refractivity contribution in [2.24, 2.45) is 0 Å². The monoisotopic (exact) mass is 494 g/mol. The second kappa shape index (κ2) is 8.19. The van der Waals surface area contributed by atoms with E-state index in [-0.39, 0.29) is 23.0 Å². The zero-order valence-electron chi connectivity index (χ0n) is 18.6. The fourth-order valence-electron chi connectivity index (χ4n) is 5.02. The summed E-state index contributed by atoms with van der Waals surface area (Å²) in [5.41, 5.74) is 0.750. The highest BCUT2D eigenvalue weighted by Crippen LogP contribution is 2.57. The molecule has 186 valence electrons. The average Bonchev–Trinajstić information content (AvgIpc) is 3.17. The lowest BCUT2D eigenvalue weighted by Gasteiger charge is -2.40. The topological polar surface area (TPSA) is 155 Å². The number of phenolic OH excluding ortho intramolecular Hbond substituents is 1. The van der Waals surface area contributed by atoms with Crippen molar-refractivity contribution < 1.29 is 49.3 Å². The number of phenols is 1. The van der Waals surface area contributed by atoms with Gasteiger partial charge in [-0.3, -0.25) is 0 Å². The molecule has 10 heteroatoms. The van der Waals surface area contributed by atoms with Gasteiger partial charge in [0.25, 0.3) is 0 Å². The molecule has 0 amide bonds. The second-order valence-electron chi connectivity index (χ2n) is 8.87. The minimum atomic E-state index is -1.60. The van der Waals surface area contributed by atoms with E-state index in [1.807, 2.05) is 0 Å². The molecule has 3 aromatic carbocycles. The highest BCUT2D eigenvalue weighted by Gasteiger charge is 2.53. The van der Waals surface area contributed by atoms with E-state index in [2.05, 4.69) is 0 Å². The summed E-state index contributed by atoms with van der Waals surface area (Å²) in [5.74, 6) is 0.170. The summed E-state index contributed by atoms with van der Waals surface area (Å²) < 4.78 is 23.3. The first-order valence-electron chi connectivity index (χ1n) is 11.3. The van der Waals surface area contributed by atoms with Crippen molar-refractivity contribution in [3.05, 3.63) is 82.9 Å². The molecule has 6 atom stereocenters. The van der Waals surface area contributed by atoms with E-state index in [9.17, 15) is 30.3 Å². The third-order valence-electron chi connectivity index (χ3n) is 6.77. The molecule has 3 aliphatic heterocycles. The molecule has 0 aliphatic carbocycles. The Morgan fingerprint density at radius 2 is 1.58 bits per heavy atom. The first-order chi connectivity index (χ1) is 17.3. The molecule has 0 aromatic heterocycles. The zero-order chi connectivity index (χ0) is 25.2. The predicted octanol–water partition coefficient (Wildman–Crippen LogP) is 1.14. The van der Waals surface area contributed by atoms with Gasteiger partial charge in [-0.1, -0.05) is 18.2 Å². The molecule has 1 unspecified atom stereocenters. The van der Waals surface area contributed by atoms with Crippen LogP contribution in [0.3, 0.4) is 0 Å². The van der Waals surface area contributed by atoms with E-state index in [4.69, 9.17) is 18.9 Å². The van der Waals surface area contributed by atoms with Gasteiger partial charge >= 0.3 is 5.97 Å². The summed E-state index contributed by atoms with van der Waals surface area (Å²) in [6.07, 6.45) is -7.22. The number of carbonyl (C=O) groups is 1. The Hall–Kier alpha value is -3.67. The summed E-state index contributed by atoms with van der Waals surface area (Å²) >= 11 is 0. The average molecular weight is 494 g/mol. The Morgan fingerprint density at radius 1 is 0.861 bits per heavy atom. The minimum Gasteiger partial charge on any atom is -0.508 e. The molecule has 1 spiro atoms. The van der Waals surface area contributed by atoms with E-state index in [0.717, 1.165) is 0 Å². The van der Waals surface area contributed by atoms with Gasteiger partial charge in [0.05, 0.1) is 12.2 Å². The molecule has 0 radical (unpaired) electrons. The number of carbonyl (C=O) groups excluding carboxylic acids is 1. The maximum Gasteiger partial charge on any atom is 0.340 e. The lowest BCUT2D eigenvalue weighted by molar-refractivity contribution is -0.277. The third kappa shape index (κ3) is 3.20. The quantitative estimate of drug-likeness (QED) is 0.335. The van der Waals surface area contributed by atoms with Gasteiger partial charge in [-0.2, -0.15) is 0 Å². The number of benzene rings is 3. The highest BCUT2D eigenvalue weighted by molar-refractivity contribution is 5.97. The number of aromatic hydroxyl groups is 1. The number of aliphatic hydroxyl groups excluding tert-OH is 4. The van der Waals surface area contributed by atoms with Crippen molar-refractivity contribution in [1.82, 2.24) is 0 Å². The van der Waals surface area contributed by atoms with Crippen LogP contribution in [-0.2, 0) is 15.1 Å². The molecular weight excluding hydrogens is 472 g/mol. The van der Waals surface area contributed by atoms with Crippen molar-refractivity contribution >= 4 is 5.97 Å². The van der Waals surface area contributed by atoms with E-state index in [1.54, 1.807) is 42.5 Å². The molecule has 10 nitrogen and oxygen atoms in total. The van der Waals surface area contributed by atoms with Crippen molar-refractivity contribution in [2.45, 2.75) is 36.3 Å². The van der Waals surface area contributed by atoms with Crippen molar-refractivity contribution in [3.8, 4) is 23.0 Å². The molecular formula is C26H22O10. The summed E-state index contributed by atoms with van der Waals surface area (Å²) in [6, 6.07) is 16.3. The van der Waals surface area contributed by atoms with Gasteiger partial charge in [0, 0.05) is 28.8 Å². The summed E-state index contributed by atoms with van der Waals surface area (Å²) in [6.45, 7) is -0.592. The number of hydrogen-bond donors (Lipinski definition) is 5. The van der Waals surface area contributed by atoms with Gasteiger partial charge in [-0.15, -0.1) is 0 Å². The van der Waals surface area contributed by atoms with Crippen LogP contribution in [0.25, 0.3) is 0 Å². The number of esters is 1. The zero-order valence-corrected chi connectivity index (χ0v) is 18.6. The Labute approximate surface area is 204 Å². The van der Waals surface area contributed by atoms with Crippen molar-refractivity contribution in [2.75, 3.05) is 6.61 Å². The standard InChI is InChI=1S/C26H22O10/c27-11-20-21(29)22(30)23(31)25(35-20)33-13-6-8-17-19(10-13)34-18-9-12(28)5-7-16(18)26(17)15-4-2-1-3-14(15)24(32)36-26/h1-10,20-23,25,27-31H,11H2/t20-,21-,22+,23-,25+,26?/m1/s1. The van der Waals surface area contributed by atoms with Crippen LogP contribution in [0.1, 0.15) is 27.0 Å². The van der Waals surface area contributed by atoms with Crippen LogP contribution in [0.4, 0.5) is 0 Å². The third-order valence-corrected chi connectivity index (χ3v) is 6.77. The predicted molar refractivity (Wildman–Crippen MR) is 121 cm³/mol. The molecule has 1 fully saturated rings. The number of aliphatic hydroxyl groups is 4. The highest BCUT2D eigenvalue weighted by atomic mass is 16.7. The van der Waals surface area contributed by atoms with Crippen LogP contribution in [0.15, 0.2) is 60.7 Å². The molecule has 0 bridgehead atoms. The number of fused-ring (bicyclic) bond motifs is 6. The van der Waals surface area contributed by atoms with Crippen molar-refractivity contribution in [3.63, 3.8) is 0 Å². The van der Waals surface area contributed by atoms with Crippen LogP contribution >= 0.6 is 0 Å². The van der Waals surface area contributed by atoms with E-state index in [1.165, 1.54) is 18.2 Å². The molecule has 3 heterocycles. The summed E-state index contributed by atoms with van der Waals surface area (Å²) in [5, 5.41) is 49.9. The number of hydrogen-bond acceptors (Lipinski definition) is 10. The van der Waals surface area contributed by atoms with Gasteiger partial charge in [0.1, 0.15) is 47.4 Å². The Morgan fingerprint density at radius 3 is 2.36 bits per heavy atom. The minimum absolute atomic E-state index is 0.0429. The summed E-state index contributed by atoms with van der Waals surface area (Å²) in [4.78, 5) is 12.9. The van der Waals surface area contributed by atoms with Crippen LogP contribution in [0.5, 0.6) is 23.0 Å². The van der Waals surface area contributed by atoms with Gasteiger partial charge in [0.15, 0.2) is 5.60 Å². The molecule has 5 N–H and O–H groups in total. The van der Waals surface area contributed by atoms with Crippen LogP contribution < -0.4 is 9.47 Å². The second-order valence-corrected chi connectivity index (χ2v) is 8.87. The summed E-state index contributed by atoms with van der Waals surface area (Å²) in [7, 11) is 0. The van der Waals surface area contributed by atoms with Gasteiger partial charge in [0.2, 0.25) is 6.29 Å². The van der Waals surface area contributed by atoms with Gasteiger partial charge in [-0.05, 0) is 30.3 Å². The normalized spacial score (nSPS) is 30.1. The Balaban J connectivity index is 1.43. The largest absolute Gasteiger partial charge is 0.508 e. The SMILES string of the molecule is O=C1OC2(c3ccc(O)cc3Oc3cc(O[C@H]4O[C@H](CO)[C@@H](O)[C@H](O)[C@H]4O)ccc32)c2ccccc21. The Kier molecular flexibility index (Phi) is 5.18. The number of ether oxygens (including phenoxy) is 4. The van der Waals surface area contributed by atoms with E-state index >= 15 is 0 Å². The lowest BCUT2D eigenvalue weighted by atomic mass is 9.77. The number of rotatable bonds is 3. The maximum absolute atomic E-state index is 12.9. The molecule has 36 heavy (non-hydrogen) atoms. The molecule has 6 rings (SSSR count). The lowest BCUT2D eigenvalue weighted by Crippen LogP contribution is -2.60. The molecule has 1 saturated heterocycles. The smallest absolute Gasteiger partial charge is 0.340 e. The fourth-order valence-corrected chi connectivity index (χ4v) is 5.02. The first-order valence-corrected chi connectivity index (χ1v) is 11.3. The van der Waals surface area contributed by atoms with Crippen molar-refractivity contribution in [1.29, 1.82) is 0 Å². The molecule has 3 aliphatic rings. The molecule has 0 saturated carbocycles. The van der Waals surface area contributed by atoms with Crippen LogP contribution in [0, 0.1) is 0 Å². The Bertz CT molecular complexity index is 1350. The van der Waals surface area contributed by atoms with Gasteiger partial charge in [-0.25, -0.2) is 4.79 Å². The van der Waals surface area contributed by atoms with Crippen LogP contribution in [-0.4, -0.2) is 68.8 Å². The van der Waals surface area contributed by atoms with E-state index in [0.29, 0.717) is 22.3 Å². The molecule has 3 aromatic rings. The first kappa shape index (κ1) is 22.8. The fraction of sp³-hybridized carbons (Fsp3) is 0.269. The van der Waals surface area contributed by atoms with Crippen LogP contribution in [0.2, 0.25) is 0 Å². The van der Waals surface area contributed by atoms with Gasteiger partial charge < -0.3 is 44.5 Å². The van der Waals surface area contributed by atoms with E-state index < -0.39 is 48.9 Å².